The molecule has 1 aromatic heterocycles. The maximum atomic E-state index is 13.8. The Morgan fingerprint density at radius 3 is 2.35 bits per heavy atom. The van der Waals surface area contributed by atoms with E-state index in [1.165, 1.54) is 21.5 Å². The average Bonchev–Trinajstić information content (AvgIpc) is 3.28. The SMILES string of the molecule is CC1=CC(=O)C2=C(C1=O)[C@@H](c1ccc(OCc3ccccc3)cc1O)C1=CCn3c(=O)n(-c4ccccc4)c(=O)n3[C@@H]1C2. The summed E-state index contributed by atoms with van der Waals surface area (Å²) in [6, 6.07) is 22.5. The topological polar surface area (TPSA) is 113 Å². The van der Waals surface area contributed by atoms with Crippen molar-refractivity contribution >= 4 is 11.6 Å². The van der Waals surface area contributed by atoms with Crippen molar-refractivity contribution in [3.8, 4) is 17.2 Å². The fraction of sp³-hybridized carbons (Fsp3) is 0.176. The van der Waals surface area contributed by atoms with Crippen molar-refractivity contribution in [3.63, 3.8) is 0 Å². The number of Topliss-reactive ketones (excluding diaryl/α,β-unsaturated/α-hetero) is 1. The van der Waals surface area contributed by atoms with Crippen LogP contribution in [0.4, 0.5) is 0 Å². The van der Waals surface area contributed by atoms with Crippen molar-refractivity contribution < 1.29 is 19.4 Å². The first-order chi connectivity index (χ1) is 20.8. The zero-order valence-corrected chi connectivity index (χ0v) is 23.3. The van der Waals surface area contributed by atoms with E-state index >= 15 is 0 Å². The number of rotatable bonds is 5. The lowest BCUT2D eigenvalue weighted by Crippen LogP contribution is -2.40. The first-order valence-electron chi connectivity index (χ1n) is 14.0. The number of phenols is 1. The van der Waals surface area contributed by atoms with E-state index in [-0.39, 0.29) is 35.9 Å². The van der Waals surface area contributed by atoms with Crippen LogP contribution in [0, 0.1) is 0 Å². The summed E-state index contributed by atoms with van der Waals surface area (Å²) in [6.07, 6.45) is 3.23. The van der Waals surface area contributed by atoms with Gasteiger partial charge in [0.2, 0.25) is 0 Å². The fourth-order valence-corrected chi connectivity index (χ4v) is 6.39. The monoisotopic (exact) mass is 573 g/mol. The fourth-order valence-electron chi connectivity index (χ4n) is 6.39. The van der Waals surface area contributed by atoms with E-state index in [1.807, 2.05) is 36.4 Å². The molecule has 3 aliphatic rings. The van der Waals surface area contributed by atoms with Crippen LogP contribution in [0.15, 0.2) is 123 Å². The molecule has 0 saturated heterocycles. The van der Waals surface area contributed by atoms with Gasteiger partial charge in [-0.15, -0.1) is 0 Å². The maximum absolute atomic E-state index is 13.8. The Kier molecular flexibility index (Phi) is 6.23. The molecule has 0 amide bonds. The Morgan fingerprint density at radius 2 is 1.63 bits per heavy atom. The Balaban J connectivity index is 1.34. The second-order valence-corrected chi connectivity index (χ2v) is 10.9. The molecular formula is C34H27N3O6. The van der Waals surface area contributed by atoms with Crippen LogP contribution in [0.2, 0.25) is 0 Å². The molecular weight excluding hydrogens is 546 g/mol. The quantitative estimate of drug-likeness (QED) is 0.284. The molecule has 1 aliphatic heterocycles. The molecule has 1 N–H and O–H groups in total. The zero-order valence-electron chi connectivity index (χ0n) is 23.3. The van der Waals surface area contributed by atoms with Crippen LogP contribution < -0.4 is 16.1 Å². The summed E-state index contributed by atoms with van der Waals surface area (Å²) in [6.45, 7) is 2.00. The number of benzene rings is 3. The van der Waals surface area contributed by atoms with E-state index in [0.29, 0.717) is 40.3 Å². The number of hydrogen-bond donors (Lipinski definition) is 1. The van der Waals surface area contributed by atoms with Crippen molar-refractivity contribution in [2.45, 2.75) is 38.5 Å². The van der Waals surface area contributed by atoms with Gasteiger partial charge in [0.1, 0.15) is 18.1 Å². The summed E-state index contributed by atoms with van der Waals surface area (Å²) in [5.41, 5.74) is 2.36. The Labute approximate surface area is 245 Å². The second-order valence-electron chi connectivity index (χ2n) is 10.9. The van der Waals surface area contributed by atoms with Crippen molar-refractivity contribution in [1.82, 2.24) is 13.9 Å². The van der Waals surface area contributed by atoms with E-state index in [9.17, 15) is 24.3 Å². The average molecular weight is 574 g/mol. The minimum absolute atomic E-state index is 0.0726. The van der Waals surface area contributed by atoms with Crippen LogP contribution in [0.3, 0.4) is 0 Å². The molecule has 7 rings (SSSR count). The standard InChI is InChI=1S/C34H27N3O6/c1-20-16-28(38)26-18-27-24(14-15-35-33(41)36(34(42)37(27)35)22-10-6-3-7-11-22)30(31(26)32(20)40)25-13-12-23(17-29(25)39)43-19-21-8-4-2-5-9-21/h2-14,16-17,27,30,39H,15,18-19H2,1H3/t27-,30-/m1/s1. The number of allylic oxidation sites excluding steroid dienone is 6. The largest absolute Gasteiger partial charge is 0.507 e. The number of ether oxygens (including phenoxy) is 1. The third kappa shape index (κ3) is 4.23. The van der Waals surface area contributed by atoms with Gasteiger partial charge in [-0.1, -0.05) is 60.7 Å². The molecule has 9 nitrogen and oxygen atoms in total. The molecule has 0 bridgehead atoms. The molecule has 2 heterocycles. The normalized spacial score (nSPS) is 19.3. The first kappa shape index (κ1) is 26.5. The van der Waals surface area contributed by atoms with E-state index in [0.717, 1.165) is 10.1 Å². The van der Waals surface area contributed by atoms with Crippen molar-refractivity contribution in [3.05, 3.63) is 145 Å². The summed E-state index contributed by atoms with van der Waals surface area (Å²) >= 11 is 0. The molecule has 0 saturated carbocycles. The molecule has 214 valence electrons. The zero-order chi connectivity index (χ0) is 29.8. The van der Waals surface area contributed by atoms with Gasteiger partial charge in [-0.05, 0) is 42.3 Å². The summed E-state index contributed by atoms with van der Waals surface area (Å²) in [5, 5.41) is 11.3. The lowest BCUT2D eigenvalue weighted by Gasteiger charge is -2.39. The number of fused-ring (bicyclic) bond motifs is 3. The molecule has 4 aromatic rings. The van der Waals surface area contributed by atoms with Gasteiger partial charge < -0.3 is 9.84 Å². The Bertz CT molecular complexity index is 2030. The first-order valence-corrected chi connectivity index (χ1v) is 14.0. The number of aromatic hydroxyl groups is 1. The molecule has 0 radical (unpaired) electrons. The van der Waals surface area contributed by atoms with Crippen molar-refractivity contribution in [2.24, 2.45) is 0 Å². The van der Waals surface area contributed by atoms with Gasteiger partial charge in [0, 0.05) is 40.7 Å². The highest BCUT2D eigenvalue weighted by molar-refractivity contribution is 6.23. The van der Waals surface area contributed by atoms with Gasteiger partial charge in [0.05, 0.1) is 18.3 Å². The summed E-state index contributed by atoms with van der Waals surface area (Å²) < 4.78 is 9.77. The Morgan fingerprint density at radius 1 is 0.907 bits per heavy atom. The van der Waals surface area contributed by atoms with Gasteiger partial charge in [-0.2, -0.15) is 0 Å². The maximum Gasteiger partial charge on any atom is 0.352 e. The third-order valence-corrected chi connectivity index (χ3v) is 8.41. The van der Waals surface area contributed by atoms with Crippen molar-refractivity contribution in [2.75, 3.05) is 0 Å². The van der Waals surface area contributed by atoms with Crippen LogP contribution in [0.25, 0.3) is 5.69 Å². The predicted octanol–water partition coefficient (Wildman–Crippen LogP) is 4.15. The number of ketones is 2. The van der Waals surface area contributed by atoms with Gasteiger partial charge in [-0.3, -0.25) is 9.59 Å². The van der Waals surface area contributed by atoms with E-state index in [4.69, 9.17) is 4.74 Å². The van der Waals surface area contributed by atoms with Crippen molar-refractivity contribution in [1.29, 1.82) is 0 Å². The summed E-state index contributed by atoms with van der Waals surface area (Å²) in [4.78, 5) is 54.2. The molecule has 2 aliphatic carbocycles. The predicted molar refractivity (Wildman–Crippen MR) is 158 cm³/mol. The van der Waals surface area contributed by atoms with Gasteiger partial charge in [0.15, 0.2) is 11.6 Å². The molecule has 43 heavy (non-hydrogen) atoms. The minimum Gasteiger partial charge on any atom is -0.507 e. The highest BCUT2D eigenvalue weighted by Crippen LogP contribution is 2.51. The number of carbonyl (C=O) groups is 2. The number of nitrogens with zero attached hydrogens (tertiary/aromatic N) is 3. The smallest absolute Gasteiger partial charge is 0.352 e. The molecule has 2 atom stereocenters. The number of carbonyl (C=O) groups excluding carboxylic acids is 2. The van der Waals surface area contributed by atoms with E-state index < -0.39 is 23.3 Å². The van der Waals surface area contributed by atoms with Crippen LogP contribution in [-0.2, 0) is 22.7 Å². The molecule has 9 heteroatoms. The molecule has 3 aromatic carbocycles. The number of phenolic OH excluding ortho intramolecular Hbond substituents is 1. The lowest BCUT2D eigenvalue weighted by molar-refractivity contribution is -0.116. The van der Waals surface area contributed by atoms with Gasteiger partial charge in [-0.25, -0.2) is 23.5 Å². The minimum atomic E-state index is -0.798. The number of para-hydroxylation sites is 1. The van der Waals surface area contributed by atoms with Crippen LogP contribution in [0.5, 0.6) is 11.5 Å². The Hall–Kier alpha value is -5.44. The highest BCUT2D eigenvalue weighted by atomic mass is 16.5. The highest BCUT2D eigenvalue weighted by Gasteiger charge is 2.45. The molecule has 0 spiro atoms. The van der Waals surface area contributed by atoms with Gasteiger partial charge >= 0.3 is 11.4 Å². The molecule has 0 fully saturated rings. The number of aromatic nitrogens is 3. The van der Waals surface area contributed by atoms with Crippen LogP contribution >= 0.6 is 0 Å². The number of hydrogen-bond acceptors (Lipinski definition) is 6. The second kappa shape index (κ2) is 10.1. The van der Waals surface area contributed by atoms with E-state index in [2.05, 4.69) is 0 Å². The summed E-state index contributed by atoms with van der Waals surface area (Å²) in [5.74, 6) is -1.05. The van der Waals surface area contributed by atoms with Crippen LogP contribution in [-0.4, -0.2) is 30.6 Å². The third-order valence-electron chi connectivity index (χ3n) is 8.41. The van der Waals surface area contributed by atoms with Gasteiger partial charge in [0.25, 0.3) is 0 Å². The van der Waals surface area contributed by atoms with Crippen LogP contribution in [0.1, 0.15) is 36.4 Å². The lowest BCUT2D eigenvalue weighted by atomic mass is 9.67. The molecule has 0 unspecified atom stereocenters. The summed E-state index contributed by atoms with van der Waals surface area (Å²) in [7, 11) is 0. The van der Waals surface area contributed by atoms with E-state index in [1.54, 1.807) is 49.4 Å².